The van der Waals surface area contributed by atoms with E-state index in [0.29, 0.717) is 17.7 Å². The summed E-state index contributed by atoms with van der Waals surface area (Å²) < 4.78 is 0. The van der Waals surface area contributed by atoms with E-state index in [1.165, 1.54) is 0 Å². The van der Waals surface area contributed by atoms with Crippen LogP contribution in [0.4, 0.5) is 0 Å². The number of carboxylic acids is 1. The van der Waals surface area contributed by atoms with E-state index in [4.69, 9.17) is 5.11 Å². The van der Waals surface area contributed by atoms with Gasteiger partial charge in [0.25, 0.3) is 5.91 Å². The molecule has 1 aromatic carbocycles. The highest BCUT2D eigenvalue weighted by atomic mass is 16.4. The summed E-state index contributed by atoms with van der Waals surface area (Å²) in [4.78, 5) is 34.1. The zero-order valence-electron chi connectivity index (χ0n) is 10.4. The molecule has 1 aromatic rings. The molecule has 1 amide bonds. The van der Waals surface area contributed by atoms with Gasteiger partial charge in [-0.3, -0.25) is 14.4 Å². The minimum Gasteiger partial charge on any atom is -0.481 e. The van der Waals surface area contributed by atoms with Crippen molar-refractivity contribution in [3.8, 4) is 0 Å². The topological polar surface area (TPSA) is 83.5 Å². The second-order valence-electron chi connectivity index (χ2n) is 4.55. The number of aryl methyl sites for hydroxylation is 1. The Balaban J connectivity index is 2.22. The fourth-order valence-electron chi connectivity index (χ4n) is 2.12. The van der Waals surface area contributed by atoms with Crippen molar-refractivity contribution >= 4 is 17.7 Å². The van der Waals surface area contributed by atoms with E-state index in [2.05, 4.69) is 5.32 Å². The third-order valence-corrected chi connectivity index (χ3v) is 3.15. The van der Waals surface area contributed by atoms with Crippen molar-refractivity contribution in [2.75, 3.05) is 6.54 Å². The summed E-state index contributed by atoms with van der Waals surface area (Å²) in [5.74, 6) is -1.41. The number of carboxylic acid groups (broad SMARTS) is 1. The zero-order chi connectivity index (χ0) is 13.8. The highest BCUT2D eigenvalue weighted by Crippen LogP contribution is 2.18. The largest absolute Gasteiger partial charge is 0.481 e. The van der Waals surface area contributed by atoms with Gasteiger partial charge in [0.05, 0.1) is 6.42 Å². The highest BCUT2D eigenvalue weighted by Gasteiger charge is 2.17. The minimum absolute atomic E-state index is 0.0459. The van der Waals surface area contributed by atoms with Gasteiger partial charge in [0.2, 0.25) is 0 Å². The smallest absolute Gasteiger partial charge is 0.303 e. The normalized spacial score (nSPS) is 14.2. The molecule has 5 heteroatoms. The van der Waals surface area contributed by atoms with Gasteiger partial charge in [-0.25, -0.2) is 0 Å². The highest BCUT2D eigenvalue weighted by molar-refractivity contribution is 6.02. The molecular weight excluding hydrogens is 246 g/mol. The van der Waals surface area contributed by atoms with Crippen LogP contribution in [0.2, 0.25) is 0 Å². The first-order valence-electron chi connectivity index (χ1n) is 6.24. The molecule has 0 saturated carbocycles. The molecular formula is C14H15NO4. The van der Waals surface area contributed by atoms with E-state index in [-0.39, 0.29) is 24.5 Å². The van der Waals surface area contributed by atoms with E-state index in [1.807, 2.05) is 0 Å². The van der Waals surface area contributed by atoms with Gasteiger partial charge in [-0.05, 0) is 24.5 Å². The number of carbonyl (C=O) groups excluding carboxylic acids is 2. The van der Waals surface area contributed by atoms with Gasteiger partial charge in [-0.15, -0.1) is 0 Å². The lowest BCUT2D eigenvalue weighted by Gasteiger charge is -2.07. The average molecular weight is 261 g/mol. The van der Waals surface area contributed by atoms with Crippen LogP contribution in [0.1, 0.15) is 45.5 Å². The molecule has 1 heterocycles. The third-order valence-electron chi connectivity index (χ3n) is 3.15. The standard InChI is InChI=1S/C14H15NO4/c16-12(5-6-13(17)18)10-4-3-9-2-1-7-15-14(19)11(9)8-10/h3-4,8H,1-2,5-7H2,(H,15,19)(H,17,18). The molecule has 100 valence electrons. The molecule has 0 spiro atoms. The van der Waals surface area contributed by atoms with Crippen molar-refractivity contribution in [1.29, 1.82) is 0 Å². The predicted octanol–water partition coefficient (Wildman–Crippen LogP) is 1.41. The summed E-state index contributed by atoms with van der Waals surface area (Å²) in [7, 11) is 0. The maximum absolute atomic E-state index is 11.8. The van der Waals surface area contributed by atoms with E-state index < -0.39 is 5.97 Å². The summed E-state index contributed by atoms with van der Waals surface area (Å²) in [5.41, 5.74) is 1.86. The fourth-order valence-corrected chi connectivity index (χ4v) is 2.12. The number of carbonyl (C=O) groups is 3. The molecule has 0 radical (unpaired) electrons. The molecule has 0 saturated heterocycles. The molecule has 0 bridgehead atoms. The second-order valence-corrected chi connectivity index (χ2v) is 4.55. The Morgan fingerprint density at radius 1 is 1.26 bits per heavy atom. The number of Topliss-reactive ketones (excluding diaryl/α,β-unsaturated/α-hetero) is 1. The van der Waals surface area contributed by atoms with E-state index >= 15 is 0 Å². The number of benzene rings is 1. The van der Waals surface area contributed by atoms with Gasteiger partial charge in [-0.2, -0.15) is 0 Å². The van der Waals surface area contributed by atoms with Crippen molar-refractivity contribution in [2.45, 2.75) is 25.7 Å². The van der Waals surface area contributed by atoms with Gasteiger partial charge < -0.3 is 10.4 Å². The summed E-state index contributed by atoms with van der Waals surface area (Å²) in [6.07, 6.45) is 1.45. The number of ketones is 1. The maximum atomic E-state index is 11.8. The van der Waals surface area contributed by atoms with E-state index in [9.17, 15) is 14.4 Å². The Morgan fingerprint density at radius 2 is 2.05 bits per heavy atom. The molecule has 0 fully saturated rings. The maximum Gasteiger partial charge on any atom is 0.303 e. The molecule has 0 unspecified atom stereocenters. The Kier molecular flexibility index (Phi) is 3.94. The third kappa shape index (κ3) is 3.19. The number of amides is 1. The molecule has 0 aromatic heterocycles. The van der Waals surface area contributed by atoms with Crippen LogP contribution < -0.4 is 5.32 Å². The predicted molar refractivity (Wildman–Crippen MR) is 68.3 cm³/mol. The number of hydrogen-bond acceptors (Lipinski definition) is 3. The number of nitrogens with one attached hydrogen (secondary N) is 1. The van der Waals surface area contributed by atoms with Crippen molar-refractivity contribution in [3.05, 3.63) is 34.9 Å². The van der Waals surface area contributed by atoms with E-state index in [0.717, 1.165) is 18.4 Å². The van der Waals surface area contributed by atoms with Gasteiger partial charge in [0.1, 0.15) is 0 Å². The first-order chi connectivity index (χ1) is 9.08. The summed E-state index contributed by atoms with van der Waals surface area (Å²) >= 11 is 0. The number of fused-ring (bicyclic) bond motifs is 1. The van der Waals surface area contributed by atoms with Gasteiger partial charge >= 0.3 is 5.97 Å². The Bertz CT molecular complexity index is 536. The van der Waals surface area contributed by atoms with Crippen LogP contribution in [0, 0.1) is 0 Å². The molecule has 5 nitrogen and oxygen atoms in total. The first-order valence-corrected chi connectivity index (χ1v) is 6.24. The summed E-state index contributed by atoms with van der Waals surface area (Å²) in [6, 6.07) is 5.02. The van der Waals surface area contributed by atoms with Crippen molar-refractivity contribution in [2.24, 2.45) is 0 Å². The van der Waals surface area contributed by atoms with Crippen LogP contribution in [0.3, 0.4) is 0 Å². The quantitative estimate of drug-likeness (QED) is 0.803. The molecule has 19 heavy (non-hydrogen) atoms. The lowest BCUT2D eigenvalue weighted by molar-refractivity contribution is -0.136. The molecule has 2 N–H and O–H groups in total. The van der Waals surface area contributed by atoms with Crippen molar-refractivity contribution < 1.29 is 19.5 Å². The van der Waals surface area contributed by atoms with Crippen molar-refractivity contribution in [1.82, 2.24) is 5.32 Å². The van der Waals surface area contributed by atoms with Gasteiger partial charge in [0, 0.05) is 24.1 Å². The Hall–Kier alpha value is -2.17. The van der Waals surface area contributed by atoms with Gasteiger partial charge in [-0.1, -0.05) is 12.1 Å². The lowest BCUT2D eigenvalue weighted by Crippen LogP contribution is -2.22. The van der Waals surface area contributed by atoms with Crippen LogP contribution in [0.25, 0.3) is 0 Å². The van der Waals surface area contributed by atoms with Crippen molar-refractivity contribution in [3.63, 3.8) is 0 Å². The van der Waals surface area contributed by atoms with E-state index in [1.54, 1.807) is 18.2 Å². The molecule has 0 aliphatic carbocycles. The van der Waals surface area contributed by atoms with Gasteiger partial charge in [0.15, 0.2) is 5.78 Å². The van der Waals surface area contributed by atoms with Crippen LogP contribution in [0.5, 0.6) is 0 Å². The SMILES string of the molecule is O=C(O)CCC(=O)c1ccc2c(c1)C(=O)NCCC2. The van der Waals surface area contributed by atoms with Crippen LogP contribution in [-0.4, -0.2) is 29.3 Å². The number of aliphatic carboxylic acids is 1. The summed E-state index contributed by atoms with van der Waals surface area (Å²) in [5, 5.41) is 11.3. The number of hydrogen-bond donors (Lipinski definition) is 2. The van der Waals surface area contributed by atoms with Crippen LogP contribution in [0.15, 0.2) is 18.2 Å². The zero-order valence-corrected chi connectivity index (χ0v) is 10.4. The Labute approximate surface area is 110 Å². The second kappa shape index (κ2) is 5.65. The lowest BCUT2D eigenvalue weighted by atomic mass is 9.97. The molecule has 0 atom stereocenters. The molecule has 1 aliphatic rings. The number of rotatable bonds is 4. The fraction of sp³-hybridized carbons (Fsp3) is 0.357. The first kappa shape index (κ1) is 13.3. The Morgan fingerprint density at radius 3 is 2.79 bits per heavy atom. The average Bonchev–Trinajstić information content (AvgIpc) is 2.58. The summed E-state index contributed by atoms with van der Waals surface area (Å²) in [6.45, 7) is 0.635. The molecule has 1 aliphatic heterocycles. The van der Waals surface area contributed by atoms with Crippen LogP contribution >= 0.6 is 0 Å². The monoisotopic (exact) mass is 261 g/mol. The minimum atomic E-state index is -0.999. The molecule has 2 rings (SSSR count). The van der Waals surface area contributed by atoms with Crippen LogP contribution in [-0.2, 0) is 11.2 Å².